The summed E-state index contributed by atoms with van der Waals surface area (Å²) in [5, 5.41) is 2.41. The Labute approximate surface area is 157 Å². The molecule has 0 saturated carbocycles. The molecule has 0 radical (unpaired) electrons. The molecule has 140 valence electrons. The van der Waals surface area contributed by atoms with Crippen molar-refractivity contribution in [2.45, 2.75) is 72.6 Å². The van der Waals surface area contributed by atoms with E-state index in [4.69, 9.17) is 9.15 Å². The van der Waals surface area contributed by atoms with Gasteiger partial charge in [0.1, 0.15) is 16.9 Å². The molecule has 0 atom stereocenters. The Morgan fingerprint density at radius 1 is 0.769 bits per heavy atom. The lowest BCUT2D eigenvalue weighted by Crippen LogP contribution is -1.96. The lowest BCUT2D eigenvalue weighted by Gasteiger charge is -2.07. The number of rotatable bonds is 9. The maximum atomic E-state index is 6.34. The van der Waals surface area contributed by atoms with E-state index in [1.807, 2.05) is 0 Å². The highest BCUT2D eigenvalue weighted by Crippen LogP contribution is 2.37. The van der Waals surface area contributed by atoms with Gasteiger partial charge in [-0.1, -0.05) is 51.7 Å². The number of fused-ring (bicyclic) bond motifs is 3. The third-order valence-electron chi connectivity index (χ3n) is 5.38. The van der Waals surface area contributed by atoms with Crippen molar-refractivity contribution in [3.8, 4) is 5.75 Å². The van der Waals surface area contributed by atoms with Crippen LogP contribution >= 0.6 is 0 Å². The summed E-state index contributed by atoms with van der Waals surface area (Å²) in [7, 11) is 0. The Balaban J connectivity index is 1.90. The van der Waals surface area contributed by atoms with Crippen molar-refractivity contribution in [3.05, 3.63) is 41.0 Å². The molecule has 3 aromatic rings. The lowest BCUT2D eigenvalue weighted by atomic mass is 9.98. The van der Waals surface area contributed by atoms with Crippen LogP contribution in [0.1, 0.15) is 69.1 Å². The number of aryl methyl sites for hydroxylation is 3. The van der Waals surface area contributed by atoms with E-state index in [0.29, 0.717) is 0 Å². The van der Waals surface area contributed by atoms with E-state index in [2.05, 4.69) is 52.0 Å². The number of hydrogen-bond acceptors (Lipinski definition) is 2. The molecule has 0 aliphatic carbocycles. The zero-order valence-electron chi connectivity index (χ0n) is 16.8. The fourth-order valence-corrected chi connectivity index (χ4v) is 3.75. The van der Waals surface area contributed by atoms with Crippen LogP contribution in [0, 0.1) is 13.8 Å². The highest BCUT2D eigenvalue weighted by atomic mass is 16.5. The zero-order chi connectivity index (χ0) is 18.5. The molecule has 0 fully saturated rings. The molecule has 0 aliphatic rings. The molecule has 0 amide bonds. The molecule has 1 aromatic heterocycles. The van der Waals surface area contributed by atoms with Gasteiger partial charge in [-0.2, -0.15) is 0 Å². The maximum absolute atomic E-state index is 6.34. The average molecular weight is 353 g/mol. The normalized spacial score (nSPS) is 11.5. The fourth-order valence-electron chi connectivity index (χ4n) is 3.75. The highest BCUT2D eigenvalue weighted by Gasteiger charge is 2.15. The van der Waals surface area contributed by atoms with Crippen LogP contribution in [-0.4, -0.2) is 6.61 Å². The van der Waals surface area contributed by atoms with E-state index in [9.17, 15) is 0 Å². The summed E-state index contributed by atoms with van der Waals surface area (Å²) in [4.78, 5) is 0. The fraction of sp³-hybridized carbons (Fsp3) is 0.500. The van der Waals surface area contributed by atoms with Crippen LogP contribution in [-0.2, 0) is 6.42 Å². The summed E-state index contributed by atoms with van der Waals surface area (Å²) in [6.45, 7) is 9.44. The van der Waals surface area contributed by atoms with Gasteiger partial charge in [0.2, 0.25) is 0 Å². The largest absolute Gasteiger partial charge is 0.493 e. The van der Waals surface area contributed by atoms with Gasteiger partial charge in [-0.05, 0) is 56.4 Å². The third kappa shape index (κ3) is 3.75. The first kappa shape index (κ1) is 18.8. The van der Waals surface area contributed by atoms with E-state index >= 15 is 0 Å². The van der Waals surface area contributed by atoms with Crippen molar-refractivity contribution in [1.82, 2.24) is 0 Å². The van der Waals surface area contributed by atoms with Crippen LogP contribution in [0.25, 0.3) is 21.9 Å². The molecule has 3 rings (SSSR count). The second-order valence-electron chi connectivity index (χ2n) is 7.41. The summed E-state index contributed by atoms with van der Waals surface area (Å²) in [5.74, 6) is 0.937. The van der Waals surface area contributed by atoms with E-state index in [1.54, 1.807) is 0 Å². The number of unbranched alkanes of at least 4 members (excludes halogenated alkanes) is 4. The van der Waals surface area contributed by atoms with E-state index in [1.165, 1.54) is 54.0 Å². The first-order valence-electron chi connectivity index (χ1n) is 10.2. The topological polar surface area (TPSA) is 22.4 Å². The first-order chi connectivity index (χ1) is 12.7. The molecule has 26 heavy (non-hydrogen) atoms. The number of ether oxygens (including phenoxy) is 1. The number of furan rings is 1. The van der Waals surface area contributed by atoms with Crippen molar-refractivity contribution in [2.75, 3.05) is 6.61 Å². The van der Waals surface area contributed by atoms with Crippen LogP contribution in [0.2, 0.25) is 0 Å². The molecule has 0 aliphatic heterocycles. The monoisotopic (exact) mass is 352 g/mol. The molecule has 0 N–H and O–H groups in total. The second kappa shape index (κ2) is 8.62. The molecule has 0 bridgehead atoms. The molecule has 0 saturated heterocycles. The van der Waals surface area contributed by atoms with Crippen LogP contribution in [0.3, 0.4) is 0 Å². The molecular weight excluding hydrogens is 320 g/mol. The zero-order valence-corrected chi connectivity index (χ0v) is 16.8. The Morgan fingerprint density at radius 2 is 1.46 bits per heavy atom. The Morgan fingerprint density at radius 3 is 2.19 bits per heavy atom. The molecule has 0 unspecified atom stereocenters. The van der Waals surface area contributed by atoms with Gasteiger partial charge in [-0.25, -0.2) is 0 Å². The standard InChI is InChI=1S/C24H32O2/c1-5-7-8-9-10-11-19-12-13-20-21-14-15-22(25-16-6-2)18(4)24(21)26-23(20)17(19)3/h12-15H,5-11,16H2,1-4H3. The summed E-state index contributed by atoms with van der Waals surface area (Å²) in [6, 6.07) is 8.76. The quantitative estimate of drug-likeness (QED) is 0.372. The van der Waals surface area contributed by atoms with Crippen LogP contribution < -0.4 is 4.74 Å². The number of hydrogen-bond donors (Lipinski definition) is 0. The molecular formula is C24H32O2. The third-order valence-corrected chi connectivity index (χ3v) is 5.38. The SMILES string of the molecule is CCCCCCCc1ccc2c(oc3c(C)c(OCCC)ccc32)c1C. The molecule has 2 heteroatoms. The molecule has 1 heterocycles. The maximum Gasteiger partial charge on any atom is 0.142 e. The van der Waals surface area contributed by atoms with Gasteiger partial charge in [-0.3, -0.25) is 0 Å². The van der Waals surface area contributed by atoms with Crippen LogP contribution in [0.5, 0.6) is 5.75 Å². The predicted molar refractivity (Wildman–Crippen MR) is 111 cm³/mol. The van der Waals surface area contributed by atoms with E-state index < -0.39 is 0 Å². The molecule has 2 nitrogen and oxygen atoms in total. The van der Waals surface area contributed by atoms with Crippen molar-refractivity contribution < 1.29 is 9.15 Å². The van der Waals surface area contributed by atoms with E-state index in [0.717, 1.165) is 41.9 Å². The van der Waals surface area contributed by atoms with Gasteiger partial charge in [0, 0.05) is 16.3 Å². The average Bonchev–Trinajstić information content (AvgIpc) is 3.03. The minimum Gasteiger partial charge on any atom is -0.493 e. The highest BCUT2D eigenvalue weighted by molar-refractivity contribution is 6.07. The summed E-state index contributed by atoms with van der Waals surface area (Å²) in [6.07, 6.45) is 8.74. The van der Waals surface area contributed by atoms with Crippen LogP contribution in [0.15, 0.2) is 28.7 Å². The first-order valence-corrected chi connectivity index (χ1v) is 10.2. The van der Waals surface area contributed by atoms with Gasteiger partial charge in [0.05, 0.1) is 6.61 Å². The number of benzene rings is 2. The lowest BCUT2D eigenvalue weighted by molar-refractivity contribution is 0.315. The van der Waals surface area contributed by atoms with Crippen LogP contribution in [0.4, 0.5) is 0 Å². The molecule has 0 spiro atoms. The molecule has 2 aromatic carbocycles. The Bertz CT molecular complexity index is 873. The van der Waals surface area contributed by atoms with Crippen molar-refractivity contribution >= 4 is 21.9 Å². The summed E-state index contributed by atoms with van der Waals surface area (Å²) < 4.78 is 12.2. The van der Waals surface area contributed by atoms with Gasteiger partial charge in [0.25, 0.3) is 0 Å². The van der Waals surface area contributed by atoms with E-state index in [-0.39, 0.29) is 0 Å². The second-order valence-corrected chi connectivity index (χ2v) is 7.41. The van der Waals surface area contributed by atoms with Crippen molar-refractivity contribution in [1.29, 1.82) is 0 Å². The van der Waals surface area contributed by atoms with Gasteiger partial charge < -0.3 is 9.15 Å². The smallest absolute Gasteiger partial charge is 0.142 e. The van der Waals surface area contributed by atoms with Gasteiger partial charge in [0.15, 0.2) is 0 Å². The minimum absolute atomic E-state index is 0.744. The van der Waals surface area contributed by atoms with Crippen molar-refractivity contribution in [2.24, 2.45) is 0 Å². The van der Waals surface area contributed by atoms with Crippen molar-refractivity contribution in [3.63, 3.8) is 0 Å². The Kier molecular flexibility index (Phi) is 6.24. The minimum atomic E-state index is 0.744. The summed E-state index contributed by atoms with van der Waals surface area (Å²) >= 11 is 0. The Hall–Kier alpha value is -1.96. The predicted octanol–water partition coefficient (Wildman–Crippen LogP) is 7.50. The van der Waals surface area contributed by atoms with Gasteiger partial charge in [-0.15, -0.1) is 0 Å². The van der Waals surface area contributed by atoms with Gasteiger partial charge >= 0.3 is 0 Å². The summed E-state index contributed by atoms with van der Waals surface area (Å²) in [5.41, 5.74) is 5.84.